The number of H-pyrrole nitrogens is 1. The molecule has 2 rings (SSSR count). The summed E-state index contributed by atoms with van der Waals surface area (Å²) >= 11 is 0. The van der Waals surface area contributed by atoms with Crippen LogP contribution in [-0.2, 0) is 11.2 Å². The monoisotopic (exact) mass is 331 g/mol. The molecule has 0 amide bonds. The SMILES string of the molecule is CCCOC(=O)c1cccc(Nc2nc(C)c(CCO)c(=O)[nH]2)c1. The van der Waals surface area contributed by atoms with E-state index in [-0.39, 0.29) is 24.5 Å². The fourth-order valence-corrected chi connectivity index (χ4v) is 2.21. The zero-order valence-corrected chi connectivity index (χ0v) is 13.8. The van der Waals surface area contributed by atoms with Crippen molar-refractivity contribution in [1.82, 2.24) is 9.97 Å². The van der Waals surface area contributed by atoms with Crippen molar-refractivity contribution in [2.45, 2.75) is 26.7 Å². The fourth-order valence-electron chi connectivity index (χ4n) is 2.21. The highest BCUT2D eigenvalue weighted by atomic mass is 16.5. The normalized spacial score (nSPS) is 10.5. The number of aliphatic hydroxyl groups excluding tert-OH is 1. The van der Waals surface area contributed by atoms with Gasteiger partial charge in [-0.2, -0.15) is 0 Å². The Morgan fingerprint density at radius 2 is 2.21 bits per heavy atom. The molecule has 0 radical (unpaired) electrons. The lowest BCUT2D eigenvalue weighted by molar-refractivity contribution is 0.0505. The molecule has 0 spiro atoms. The summed E-state index contributed by atoms with van der Waals surface area (Å²) < 4.78 is 5.10. The summed E-state index contributed by atoms with van der Waals surface area (Å²) in [6.07, 6.45) is 1.02. The second-order valence-electron chi connectivity index (χ2n) is 5.29. The lowest BCUT2D eigenvalue weighted by Crippen LogP contribution is -2.19. The minimum absolute atomic E-state index is 0.111. The van der Waals surface area contributed by atoms with Gasteiger partial charge in [-0.25, -0.2) is 9.78 Å². The Bertz CT molecular complexity index is 771. The molecule has 1 aromatic heterocycles. The van der Waals surface area contributed by atoms with Crippen molar-refractivity contribution >= 4 is 17.6 Å². The van der Waals surface area contributed by atoms with Gasteiger partial charge in [-0.15, -0.1) is 0 Å². The Balaban J connectivity index is 2.20. The van der Waals surface area contributed by atoms with Crippen LogP contribution >= 0.6 is 0 Å². The van der Waals surface area contributed by atoms with Crippen molar-refractivity contribution in [3.63, 3.8) is 0 Å². The first-order chi connectivity index (χ1) is 11.5. The van der Waals surface area contributed by atoms with Gasteiger partial charge in [0, 0.05) is 24.3 Å². The molecule has 2 aromatic rings. The molecule has 0 aliphatic heterocycles. The number of aryl methyl sites for hydroxylation is 1. The molecule has 3 N–H and O–H groups in total. The van der Waals surface area contributed by atoms with E-state index in [9.17, 15) is 9.59 Å². The molecule has 0 aliphatic rings. The molecular weight excluding hydrogens is 310 g/mol. The van der Waals surface area contributed by atoms with Crippen LogP contribution in [0.4, 0.5) is 11.6 Å². The van der Waals surface area contributed by atoms with Crippen molar-refractivity contribution in [3.8, 4) is 0 Å². The van der Waals surface area contributed by atoms with Crippen LogP contribution < -0.4 is 10.9 Å². The maximum atomic E-state index is 12.0. The molecule has 24 heavy (non-hydrogen) atoms. The molecule has 7 nitrogen and oxygen atoms in total. The number of hydrogen-bond donors (Lipinski definition) is 3. The third-order valence-electron chi connectivity index (χ3n) is 3.38. The number of rotatable bonds is 7. The van der Waals surface area contributed by atoms with E-state index in [0.717, 1.165) is 6.42 Å². The van der Waals surface area contributed by atoms with E-state index >= 15 is 0 Å². The number of carbonyl (C=O) groups is 1. The van der Waals surface area contributed by atoms with Gasteiger partial charge >= 0.3 is 5.97 Å². The quantitative estimate of drug-likeness (QED) is 0.670. The number of esters is 1. The van der Waals surface area contributed by atoms with E-state index in [1.165, 1.54) is 0 Å². The standard InChI is InChI=1S/C17H21N3O4/c1-3-9-24-16(23)12-5-4-6-13(10-12)19-17-18-11(2)14(7-8-21)15(22)20-17/h4-6,10,21H,3,7-9H2,1-2H3,(H2,18,19,20,22). The van der Waals surface area contributed by atoms with Gasteiger partial charge in [0.1, 0.15) is 0 Å². The second kappa shape index (κ2) is 8.26. The number of ether oxygens (including phenoxy) is 1. The highest BCUT2D eigenvalue weighted by Gasteiger charge is 2.10. The number of aromatic amines is 1. The lowest BCUT2D eigenvalue weighted by atomic mass is 10.2. The maximum absolute atomic E-state index is 12.0. The zero-order chi connectivity index (χ0) is 17.5. The zero-order valence-electron chi connectivity index (χ0n) is 13.8. The summed E-state index contributed by atoms with van der Waals surface area (Å²) in [6, 6.07) is 6.77. The van der Waals surface area contributed by atoms with Gasteiger partial charge in [-0.1, -0.05) is 13.0 Å². The smallest absolute Gasteiger partial charge is 0.338 e. The predicted molar refractivity (Wildman–Crippen MR) is 90.7 cm³/mol. The van der Waals surface area contributed by atoms with E-state index in [1.54, 1.807) is 31.2 Å². The second-order valence-corrected chi connectivity index (χ2v) is 5.29. The Kier molecular flexibility index (Phi) is 6.08. The summed E-state index contributed by atoms with van der Waals surface area (Å²) in [4.78, 5) is 30.8. The van der Waals surface area contributed by atoms with Crippen LogP contribution in [0.25, 0.3) is 0 Å². The molecule has 1 aromatic carbocycles. The Labute approximate surface area is 139 Å². The summed E-state index contributed by atoms with van der Waals surface area (Å²) in [5.74, 6) is -0.116. The van der Waals surface area contributed by atoms with Crippen molar-refractivity contribution in [3.05, 3.63) is 51.4 Å². The Hall–Kier alpha value is -2.67. The number of nitrogens with zero attached hydrogens (tertiary/aromatic N) is 1. The van der Waals surface area contributed by atoms with Crippen LogP contribution in [-0.4, -0.2) is 34.3 Å². The minimum Gasteiger partial charge on any atom is -0.462 e. The number of nitrogens with one attached hydrogen (secondary N) is 2. The van der Waals surface area contributed by atoms with Crippen LogP contribution in [0.15, 0.2) is 29.1 Å². The maximum Gasteiger partial charge on any atom is 0.338 e. The average Bonchev–Trinajstić information content (AvgIpc) is 2.56. The van der Waals surface area contributed by atoms with Crippen LogP contribution in [0.3, 0.4) is 0 Å². The summed E-state index contributed by atoms with van der Waals surface area (Å²) in [6.45, 7) is 3.90. The van der Waals surface area contributed by atoms with Crippen molar-refractivity contribution in [2.24, 2.45) is 0 Å². The largest absolute Gasteiger partial charge is 0.462 e. The summed E-state index contributed by atoms with van der Waals surface area (Å²) in [5, 5.41) is 11.9. The summed E-state index contributed by atoms with van der Waals surface area (Å²) in [7, 11) is 0. The van der Waals surface area contributed by atoms with Gasteiger partial charge in [0.05, 0.1) is 17.9 Å². The number of hydrogen-bond acceptors (Lipinski definition) is 6. The first-order valence-corrected chi connectivity index (χ1v) is 7.80. The molecule has 0 saturated heterocycles. The number of carbonyl (C=O) groups excluding carboxylic acids is 1. The number of aliphatic hydroxyl groups is 1. The number of anilines is 2. The van der Waals surface area contributed by atoms with Gasteiger partial charge in [0.15, 0.2) is 0 Å². The molecule has 0 fully saturated rings. The molecule has 0 saturated carbocycles. The lowest BCUT2D eigenvalue weighted by Gasteiger charge is -2.10. The van der Waals surface area contributed by atoms with E-state index in [1.807, 2.05) is 6.92 Å². The topological polar surface area (TPSA) is 104 Å². The predicted octanol–water partition coefficient (Wildman–Crippen LogP) is 1.92. The van der Waals surface area contributed by atoms with Crippen LogP contribution in [0.5, 0.6) is 0 Å². The van der Waals surface area contributed by atoms with Crippen LogP contribution in [0, 0.1) is 6.92 Å². The number of benzene rings is 1. The average molecular weight is 331 g/mol. The van der Waals surface area contributed by atoms with Gasteiger partial charge in [-0.05, 0) is 31.5 Å². The minimum atomic E-state index is -0.392. The highest BCUT2D eigenvalue weighted by Crippen LogP contribution is 2.16. The van der Waals surface area contributed by atoms with Crippen LogP contribution in [0.2, 0.25) is 0 Å². The van der Waals surface area contributed by atoms with E-state index < -0.39 is 5.97 Å². The molecule has 0 atom stereocenters. The van der Waals surface area contributed by atoms with Crippen molar-refractivity contribution < 1.29 is 14.6 Å². The first-order valence-electron chi connectivity index (χ1n) is 7.80. The molecule has 0 aliphatic carbocycles. The van der Waals surface area contributed by atoms with Gasteiger partial charge in [0.2, 0.25) is 5.95 Å². The summed E-state index contributed by atoms with van der Waals surface area (Å²) in [5.41, 5.74) is 1.74. The van der Waals surface area contributed by atoms with Crippen molar-refractivity contribution in [1.29, 1.82) is 0 Å². The molecule has 1 heterocycles. The van der Waals surface area contributed by atoms with E-state index in [0.29, 0.717) is 29.1 Å². The molecule has 0 bridgehead atoms. The van der Waals surface area contributed by atoms with Crippen LogP contribution in [0.1, 0.15) is 35.0 Å². The number of aromatic nitrogens is 2. The van der Waals surface area contributed by atoms with Gasteiger partial charge in [0.25, 0.3) is 5.56 Å². The Morgan fingerprint density at radius 1 is 1.42 bits per heavy atom. The third kappa shape index (κ3) is 4.42. The third-order valence-corrected chi connectivity index (χ3v) is 3.38. The highest BCUT2D eigenvalue weighted by molar-refractivity contribution is 5.90. The van der Waals surface area contributed by atoms with Gasteiger partial charge in [-0.3, -0.25) is 9.78 Å². The molecule has 0 unspecified atom stereocenters. The molecule has 7 heteroatoms. The van der Waals surface area contributed by atoms with E-state index in [4.69, 9.17) is 9.84 Å². The first kappa shape index (κ1) is 17.7. The Morgan fingerprint density at radius 3 is 2.88 bits per heavy atom. The van der Waals surface area contributed by atoms with Gasteiger partial charge < -0.3 is 15.2 Å². The molecule has 128 valence electrons. The van der Waals surface area contributed by atoms with Crippen molar-refractivity contribution in [2.75, 3.05) is 18.5 Å². The molecular formula is C17H21N3O4. The van der Waals surface area contributed by atoms with E-state index in [2.05, 4.69) is 15.3 Å². The fraction of sp³-hybridized carbons (Fsp3) is 0.353.